The van der Waals surface area contributed by atoms with E-state index >= 15 is 0 Å². The number of pyridine rings is 1. The first-order valence-corrected chi connectivity index (χ1v) is 6.90. The van der Waals surface area contributed by atoms with Crippen molar-refractivity contribution in [3.8, 4) is 0 Å². The van der Waals surface area contributed by atoms with Crippen molar-refractivity contribution in [1.82, 2.24) is 10.3 Å². The Hall–Kier alpha value is -1.70. The summed E-state index contributed by atoms with van der Waals surface area (Å²) in [6, 6.07) is -0.155. The maximum Gasteiger partial charge on any atom is 0.408 e. The minimum Gasteiger partial charge on any atom is -0.480 e. The van der Waals surface area contributed by atoms with Gasteiger partial charge in [0, 0.05) is 17.1 Å². The first kappa shape index (κ1) is 17.4. The number of nitrogens with one attached hydrogen (secondary N) is 1. The van der Waals surface area contributed by atoms with Gasteiger partial charge in [-0.25, -0.2) is 14.0 Å². The molecule has 21 heavy (non-hydrogen) atoms. The van der Waals surface area contributed by atoms with Crippen LogP contribution < -0.4 is 5.32 Å². The van der Waals surface area contributed by atoms with Gasteiger partial charge in [0.05, 0.1) is 5.69 Å². The second kappa shape index (κ2) is 6.84. The van der Waals surface area contributed by atoms with Gasteiger partial charge in [0.25, 0.3) is 0 Å². The van der Waals surface area contributed by atoms with Crippen molar-refractivity contribution < 1.29 is 23.8 Å². The number of hydrogen-bond acceptors (Lipinski definition) is 4. The van der Waals surface area contributed by atoms with Crippen LogP contribution in [0, 0.1) is 5.82 Å². The molecule has 1 heterocycles. The van der Waals surface area contributed by atoms with Gasteiger partial charge in [-0.2, -0.15) is 0 Å². The fourth-order valence-electron chi connectivity index (χ4n) is 1.44. The molecule has 0 fully saturated rings. The predicted octanol–water partition coefficient (Wildman–Crippen LogP) is 2.50. The zero-order valence-electron chi connectivity index (χ0n) is 11.8. The maximum absolute atomic E-state index is 13.7. The van der Waals surface area contributed by atoms with Crippen LogP contribution in [0.25, 0.3) is 0 Å². The standard InChI is InChI=1S/C13H16BrFN2O4/c1-13(2,3)21-12(20)17-10(11(18)19)5-9-8(15)4-7(14)6-16-9/h4,6,10H,5H2,1-3H3,(H,17,20)(H,18,19)/t10-/m0/s1. The van der Waals surface area contributed by atoms with Gasteiger partial charge in [0.1, 0.15) is 17.5 Å². The highest BCUT2D eigenvalue weighted by molar-refractivity contribution is 9.10. The van der Waals surface area contributed by atoms with Crippen LogP contribution in [0.15, 0.2) is 16.7 Å². The lowest BCUT2D eigenvalue weighted by Crippen LogP contribution is -2.44. The number of halogens is 2. The third-order valence-corrected chi connectivity index (χ3v) is 2.70. The molecule has 0 aromatic carbocycles. The zero-order valence-corrected chi connectivity index (χ0v) is 13.4. The quantitative estimate of drug-likeness (QED) is 0.858. The Morgan fingerprint density at radius 3 is 2.62 bits per heavy atom. The minimum absolute atomic E-state index is 0.0540. The van der Waals surface area contributed by atoms with Crippen LogP contribution in [0.5, 0.6) is 0 Å². The Kier molecular flexibility index (Phi) is 5.65. The van der Waals surface area contributed by atoms with Crippen LogP contribution in [0.3, 0.4) is 0 Å². The molecule has 0 spiro atoms. The van der Waals surface area contributed by atoms with Gasteiger partial charge < -0.3 is 15.2 Å². The second-order valence-electron chi connectivity index (χ2n) is 5.32. The van der Waals surface area contributed by atoms with Crippen molar-refractivity contribution in [3.63, 3.8) is 0 Å². The van der Waals surface area contributed by atoms with Gasteiger partial charge in [0.15, 0.2) is 0 Å². The zero-order chi connectivity index (χ0) is 16.2. The highest BCUT2D eigenvalue weighted by atomic mass is 79.9. The van der Waals surface area contributed by atoms with E-state index < -0.39 is 29.5 Å². The van der Waals surface area contributed by atoms with Crippen LogP contribution in [0.2, 0.25) is 0 Å². The lowest BCUT2D eigenvalue weighted by molar-refractivity contribution is -0.139. The van der Waals surface area contributed by atoms with Crippen LogP contribution in [-0.4, -0.2) is 33.8 Å². The third-order valence-electron chi connectivity index (χ3n) is 2.27. The minimum atomic E-state index is -1.33. The van der Waals surface area contributed by atoms with Crippen molar-refractivity contribution >= 4 is 28.0 Å². The monoisotopic (exact) mass is 362 g/mol. The van der Waals surface area contributed by atoms with Crippen LogP contribution in [0.4, 0.5) is 9.18 Å². The molecule has 1 aromatic rings. The number of carboxylic acid groups (broad SMARTS) is 1. The Morgan fingerprint density at radius 2 is 2.14 bits per heavy atom. The summed E-state index contributed by atoms with van der Waals surface area (Å²) in [5.74, 6) is -1.95. The fraction of sp³-hybridized carbons (Fsp3) is 0.462. The summed E-state index contributed by atoms with van der Waals surface area (Å²) in [5.41, 5.74) is -0.810. The smallest absolute Gasteiger partial charge is 0.408 e. The van der Waals surface area contributed by atoms with E-state index in [1.54, 1.807) is 20.8 Å². The molecule has 6 nitrogen and oxygen atoms in total. The Morgan fingerprint density at radius 1 is 1.52 bits per heavy atom. The first-order chi connectivity index (χ1) is 9.58. The van der Waals surface area contributed by atoms with Gasteiger partial charge in [-0.3, -0.25) is 4.98 Å². The molecule has 0 unspecified atom stereocenters. The average Bonchev–Trinajstić information content (AvgIpc) is 2.28. The van der Waals surface area contributed by atoms with E-state index in [9.17, 15) is 14.0 Å². The molecule has 116 valence electrons. The van der Waals surface area contributed by atoms with Crippen molar-refractivity contribution in [2.24, 2.45) is 0 Å². The number of ether oxygens (including phenoxy) is 1. The molecule has 0 aliphatic rings. The topological polar surface area (TPSA) is 88.5 Å². The third kappa shape index (κ3) is 6.07. The number of carbonyl (C=O) groups is 2. The Bertz CT molecular complexity index is 545. The summed E-state index contributed by atoms with van der Waals surface area (Å²) in [6.07, 6.45) is 0.186. The number of rotatable bonds is 4. The van der Waals surface area contributed by atoms with Crippen LogP contribution >= 0.6 is 15.9 Å². The number of aliphatic carboxylic acids is 1. The van der Waals surface area contributed by atoms with Gasteiger partial charge in [-0.15, -0.1) is 0 Å². The van der Waals surface area contributed by atoms with E-state index in [0.29, 0.717) is 4.47 Å². The van der Waals surface area contributed by atoms with E-state index in [-0.39, 0.29) is 12.1 Å². The lowest BCUT2D eigenvalue weighted by Gasteiger charge is -2.22. The van der Waals surface area contributed by atoms with Crippen molar-refractivity contribution in [1.29, 1.82) is 0 Å². The molecule has 1 aromatic heterocycles. The van der Waals surface area contributed by atoms with Crippen LogP contribution in [-0.2, 0) is 16.0 Å². The summed E-state index contributed by atoms with van der Waals surface area (Å²) in [6.45, 7) is 4.95. The molecule has 0 bridgehead atoms. The van der Waals surface area contributed by atoms with E-state index in [0.717, 1.165) is 0 Å². The van der Waals surface area contributed by atoms with Gasteiger partial charge in [0.2, 0.25) is 0 Å². The number of nitrogens with zero attached hydrogens (tertiary/aromatic N) is 1. The molecular formula is C13H16BrFN2O4. The molecule has 1 amide bonds. The second-order valence-corrected chi connectivity index (χ2v) is 6.24. The molecule has 1 rings (SSSR count). The molecule has 8 heteroatoms. The summed E-state index contributed by atoms with van der Waals surface area (Å²) in [4.78, 5) is 26.5. The number of alkyl carbamates (subject to hydrolysis) is 1. The maximum atomic E-state index is 13.7. The highest BCUT2D eigenvalue weighted by Crippen LogP contribution is 2.14. The SMILES string of the molecule is CC(C)(C)OC(=O)N[C@@H](Cc1ncc(Br)cc1F)C(=O)O. The largest absolute Gasteiger partial charge is 0.480 e. The normalized spacial score (nSPS) is 12.6. The van der Waals surface area contributed by atoms with E-state index in [2.05, 4.69) is 26.2 Å². The predicted molar refractivity (Wildman–Crippen MR) is 76.4 cm³/mol. The van der Waals surface area contributed by atoms with Crippen LogP contribution in [0.1, 0.15) is 26.5 Å². The van der Waals surface area contributed by atoms with E-state index in [1.807, 2.05) is 0 Å². The van der Waals surface area contributed by atoms with Crippen molar-refractivity contribution in [3.05, 3.63) is 28.2 Å². The van der Waals surface area contributed by atoms with Gasteiger partial charge in [-0.05, 0) is 42.8 Å². The number of hydrogen-bond donors (Lipinski definition) is 2. The van der Waals surface area contributed by atoms with Crippen molar-refractivity contribution in [2.75, 3.05) is 0 Å². The van der Waals surface area contributed by atoms with E-state index in [4.69, 9.17) is 9.84 Å². The lowest BCUT2D eigenvalue weighted by atomic mass is 10.1. The van der Waals surface area contributed by atoms with Crippen molar-refractivity contribution in [2.45, 2.75) is 38.8 Å². The van der Waals surface area contributed by atoms with E-state index in [1.165, 1.54) is 12.3 Å². The molecule has 0 saturated carbocycles. The molecule has 0 saturated heterocycles. The molecule has 0 radical (unpaired) electrons. The Balaban J connectivity index is 2.79. The molecule has 1 atom stereocenters. The molecular weight excluding hydrogens is 347 g/mol. The molecule has 0 aliphatic carbocycles. The number of amides is 1. The van der Waals surface area contributed by atoms with Gasteiger partial charge in [-0.1, -0.05) is 0 Å². The molecule has 0 aliphatic heterocycles. The number of aromatic nitrogens is 1. The number of carboxylic acids is 1. The summed E-state index contributed by atoms with van der Waals surface area (Å²) < 4.78 is 19.1. The highest BCUT2D eigenvalue weighted by Gasteiger charge is 2.25. The fourth-order valence-corrected chi connectivity index (χ4v) is 1.74. The average molecular weight is 363 g/mol. The first-order valence-electron chi connectivity index (χ1n) is 6.11. The van der Waals surface area contributed by atoms with Gasteiger partial charge >= 0.3 is 12.1 Å². The summed E-state index contributed by atoms with van der Waals surface area (Å²) >= 11 is 3.06. The molecule has 2 N–H and O–H groups in total. The summed E-state index contributed by atoms with van der Waals surface area (Å²) in [7, 11) is 0. The Labute approximate surface area is 129 Å². The summed E-state index contributed by atoms with van der Waals surface area (Å²) in [5, 5.41) is 11.3. The number of carbonyl (C=O) groups excluding carboxylic acids is 1.